The molecule has 180 valence electrons. The van der Waals surface area contributed by atoms with Gasteiger partial charge in [0, 0.05) is 18.8 Å². The summed E-state index contributed by atoms with van der Waals surface area (Å²) >= 11 is 0. The van der Waals surface area contributed by atoms with Crippen molar-refractivity contribution in [1.29, 1.82) is 0 Å². The van der Waals surface area contributed by atoms with Gasteiger partial charge in [0.15, 0.2) is 14.6 Å². The summed E-state index contributed by atoms with van der Waals surface area (Å²) in [4.78, 5) is 12.3. The monoisotopic (exact) mass is 485 g/mol. The number of rotatable bonds is 9. The van der Waals surface area contributed by atoms with Crippen molar-refractivity contribution in [2.24, 2.45) is 0 Å². The second-order valence-corrected chi connectivity index (χ2v) is 10.4. The molecule has 0 saturated carbocycles. The lowest BCUT2D eigenvalue weighted by molar-refractivity contribution is -0.134. The molecule has 8 nitrogen and oxygen atoms in total. The van der Waals surface area contributed by atoms with Crippen LogP contribution in [0.4, 0.5) is 0 Å². The molecule has 34 heavy (non-hydrogen) atoms. The van der Waals surface area contributed by atoms with Gasteiger partial charge in [0.2, 0.25) is 0 Å². The van der Waals surface area contributed by atoms with Crippen molar-refractivity contribution in [3.63, 3.8) is 0 Å². The number of carbonyl (C=O) groups excluding carboxylic acids is 1. The molecule has 2 heterocycles. The molecular weight excluding hydrogens is 458 g/mol. The van der Waals surface area contributed by atoms with Crippen molar-refractivity contribution >= 4 is 15.7 Å². The van der Waals surface area contributed by atoms with E-state index in [0.29, 0.717) is 12.4 Å². The van der Waals surface area contributed by atoms with E-state index in [0.717, 1.165) is 24.2 Å². The third-order valence-corrected chi connectivity index (χ3v) is 8.59. The quantitative estimate of drug-likeness (QED) is 0.269. The Hall–Kier alpha value is -3.14. The van der Waals surface area contributed by atoms with Gasteiger partial charge in [-0.05, 0) is 73.7 Å². The Kier molecular flexibility index (Phi) is 7.35. The highest BCUT2D eigenvalue weighted by Crippen LogP contribution is 2.35. The fraction of sp³-hybridized carbons (Fsp3) is 0.320. The zero-order valence-corrected chi connectivity index (χ0v) is 19.4. The number of ether oxygens (including phenoxy) is 2. The fourth-order valence-electron chi connectivity index (χ4n) is 4.15. The number of hydrogen-bond donors (Lipinski definition) is 2. The summed E-state index contributed by atoms with van der Waals surface area (Å²) in [5.74, 6) is 0.426. The van der Waals surface area contributed by atoms with Crippen LogP contribution in [0.1, 0.15) is 24.8 Å². The predicted molar refractivity (Wildman–Crippen MR) is 124 cm³/mol. The van der Waals surface area contributed by atoms with Gasteiger partial charge in [-0.1, -0.05) is 18.2 Å². The molecular formula is C25H27NO7S. The number of benzene rings is 2. The van der Waals surface area contributed by atoms with Crippen LogP contribution in [0.25, 0.3) is 11.3 Å². The van der Waals surface area contributed by atoms with Gasteiger partial charge < -0.3 is 13.9 Å². The second kappa shape index (κ2) is 10.4. The molecule has 1 fully saturated rings. The zero-order chi connectivity index (χ0) is 24.0. The minimum atomic E-state index is -4.05. The largest absolute Gasteiger partial charge is 0.494 e. The highest BCUT2D eigenvalue weighted by Gasteiger charge is 2.52. The van der Waals surface area contributed by atoms with E-state index < -0.39 is 20.5 Å². The zero-order valence-electron chi connectivity index (χ0n) is 18.6. The Morgan fingerprint density at radius 1 is 1.06 bits per heavy atom. The van der Waals surface area contributed by atoms with Crippen LogP contribution in [0.15, 0.2) is 76.2 Å². The summed E-state index contributed by atoms with van der Waals surface area (Å²) in [5.41, 5.74) is 3.71. The van der Waals surface area contributed by atoms with Crippen molar-refractivity contribution in [3.05, 3.63) is 72.5 Å². The van der Waals surface area contributed by atoms with Gasteiger partial charge in [-0.2, -0.15) is 0 Å². The van der Waals surface area contributed by atoms with Gasteiger partial charge in [0.05, 0.1) is 17.8 Å². The highest BCUT2D eigenvalue weighted by molar-refractivity contribution is 7.93. The Balaban J connectivity index is 1.36. The van der Waals surface area contributed by atoms with Crippen LogP contribution in [0.3, 0.4) is 0 Å². The molecule has 0 spiro atoms. The summed E-state index contributed by atoms with van der Waals surface area (Å²) in [6, 6.07) is 17.9. The number of hydroxylamine groups is 1. The van der Waals surface area contributed by atoms with Gasteiger partial charge >= 0.3 is 0 Å². The van der Waals surface area contributed by atoms with Crippen molar-refractivity contribution in [3.8, 4) is 17.1 Å². The molecule has 3 aromatic rings. The molecule has 1 amide bonds. The molecule has 4 rings (SSSR count). The van der Waals surface area contributed by atoms with E-state index in [1.807, 2.05) is 24.3 Å². The van der Waals surface area contributed by atoms with Crippen LogP contribution < -0.4 is 10.2 Å². The second-order valence-electron chi connectivity index (χ2n) is 8.15. The molecule has 9 heteroatoms. The van der Waals surface area contributed by atoms with Gasteiger partial charge in [0.1, 0.15) is 11.5 Å². The molecule has 2 aromatic carbocycles. The Bertz CT molecular complexity index is 1200. The molecule has 0 bridgehead atoms. The minimum Gasteiger partial charge on any atom is -0.494 e. The van der Waals surface area contributed by atoms with Crippen molar-refractivity contribution in [2.75, 3.05) is 19.8 Å². The Morgan fingerprint density at radius 2 is 1.82 bits per heavy atom. The lowest BCUT2D eigenvalue weighted by Gasteiger charge is -2.34. The highest BCUT2D eigenvalue weighted by atomic mass is 32.2. The van der Waals surface area contributed by atoms with Crippen LogP contribution in [0.5, 0.6) is 5.75 Å². The maximum atomic E-state index is 13.3. The fourth-order valence-corrected chi connectivity index (χ4v) is 6.09. The van der Waals surface area contributed by atoms with Gasteiger partial charge in [-0.3, -0.25) is 10.0 Å². The molecule has 1 aliphatic rings. The first-order valence-electron chi connectivity index (χ1n) is 11.1. The summed E-state index contributed by atoms with van der Waals surface area (Å²) in [5, 5.41) is 9.14. The molecule has 0 unspecified atom stereocenters. The number of furan rings is 1. The lowest BCUT2D eigenvalue weighted by atomic mass is 9.98. The van der Waals surface area contributed by atoms with Crippen LogP contribution >= 0.6 is 0 Å². The van der Waals surface area contributed by atoms with Gasteiger partial charge in [-0.25, -0.2) is 13.9 Å². The van der Waals surface area contributed by atoms with E-state index in [4.69, 9.17) is 19.1 Å². The summed E-state index contributed by atoms with van der Waals surface area (Å²) in [6.07, 6.45) is 3.20. The van der Waals surface area contributed by atoms with E-state index in [2.05, 4.69) is 12.1 Å². The molecule has 0 atom stereocenters. The molecule has 0 aliphatic carbocycles. The first kappa shape index (κ1) is 24.0. The third kappa shape index (κ3) is 4.86. The SMILES string of the molecule is O=C(NO)C1(S(=O)(=O)c2ccc(OCCCc3cccc(-c4ccco4)c3)cc2)CCOCC1. The smallest absolute Gasteiger partial charge is 0.265 e. The minimum absolute atomic E-state index is 0.0000844. The van der Waals surface area contributed by atoms with E-state index in [1.165, 1.54) is 23.2 Å². The lowest BCUT2D eigenvalue weighted by Crippen LogP contribution is -2.54. The van der Waals surface area contributed by atoms with Crippen LogP contribution in [0.2, 0.25) is 0 Å². The number of aryl methyl sites for hydroxylation is 1. The van der Waals surface area contributed by atoms with Crippen LogP contribution in [-0.2, 0) is 25.8 Å². The number of amides is 1. The van der Waals surface area contributed by atoms with E-state index in [1.54, 1.807) is 18.4 Å². The van der Waals surface area contributed by atoms with Crippen molar-refractivity contribution in [1.82, 2.24) is 5.48 Å². The van der Waals surface area contributed by atoms with E-state index >= 15 is 0 Å². The molecule has 2 N–H and O–H groups in total. The van der Waals surface area contributed by atoms with Crippen LogP contribution in [-0.4, -0.2) is 44.1 Å². The topological polar surface area (TPSA) is 115 Å². The average Bonchev–Trinajstić information content (AvgIpc) is 3.42. The standard InChI is InChI=1S/C25H27NO7S/c27-24(26-28)25(12-16-31-17-13-25)34(29,30)22-10-8-21(9-11-22)32-14-2-5-19-4-1-6-20(18-19)23-7-3-15-33-23/h1,3-4,6-11,15,18,28H,2,5,12-14,16-17H2,(H,26,27). The van der Waals surface area contributed by atoms with E-state index in [9.17, 15) is 13.2 Å². The summed E-state index contributed by atoms with van der Waals surface area (Å²) in [7, 11) is -4.05. The molecule has 1 aliphatic heterocycles. The normalized spacial score (nSPS) is 15.6. The van der Waals surface area contributed by atoms with Crippen molar-refractivity contribution < 1.29 is 32.3 Å². The number of sulfone groups is 1. The summed E-state index contributed by atoms with van der Waals surface area (Å²) < 4.78 is 41.3. The Labute approximate surface area is 198 Å². The van der Waals surface area contributed by atoms with E-state index in [-0.39, 0.29) is 31.0 Å². The predicted octanol–water partition coefficient (Wildman–Crippen LogP) is 3.79. The average molecular weight is 486 g/mol. The van der Waals surface area contributed by atoms with Gasteiger partial charge in [-0.15, -0.1) is 0 Å². The number of nitrogens with one attached hydrogen (secondary N) is 1. The maximum absolute atomic E-state index is 13.3. The van der Waals surface area contributed by atoms with Gasteiger partial charge in [0.25, 0.3) is 5.91 Å². The first-order valence-corrected chi connectivity index (χ1v) is 12.6. The first-order chi connectivity index (χ1) is 16.5. The maximum Gasteiger partial charge on any atom is 0.265 e. The summed E-state index contributed by atoms with van der Waals surface area (Å²) in [6.45, 7) is 0.710. The Morgan fingerprint density at radius 3 is 2.50 bits per heavy atom. The third-order valence-electron chi connectivity index (χ3n) is 6.08. The number of carbonyl (C=O) groups is 1. The van der Waals surface area contributed by atoms with Crippen molar-refractivity contribution in [2.45, 2.75) is 35.3 Å². The molecule has 0 radical (unpaired) electrons. The number of hydrogen-bond acceptors (Lipinski definition) is 7. The molecule has 1 aromatic heterocycles. The van der Waals surface area contributed by atoms with Crippen LogP contribution in [0, 0.1) is 0 Å². The molecule has 1 saturated heterocycles.